The summed E-state index contributed by atoms with van der Waals surface area (Å²) >= 11 is 0. The lowest BCUT2D eigenvalue weighted by Gasteiger charge is -2.16. The van der Waals surface area contributed by atoms with Crippen molar-refractivity contribution in [2.45, 2.75) is 12.5 Å². The number of anilines is 1. The van der Waals surface area contributed by atoms with Gasteiger partial charge in [-0.15, -0.1) is 0 Å². The molecule has 0 aliphatic rings. The molecule has 0 aliphatic carbocycles. The molecule has 27 heavy (non-hydrogen) atoms. The van der Waals surface area contributed by atoms with Crippen molar-refractivity contribution in [3.63, 3.8) is 0 Å². The number of ether oxygens (including phenoxy) is 1. The van der Waals surface area contributed by atoms with Crippen LogP contribution in [0.3, 0.4) is 0 Å². The van der Waals surface area contributed by atoms with E-state index in [4.69, 9.17) is 4.74 Å². The number of methoxy groups -OCH3 is 1. The lowest BCUT2D eigenvalue weighted by molar-refractivity contribution is 0.102. The van der Waals surface area contributed by atoms with E-state index < -0.39 is 0 Å². The summed E-state index contributed by atoms with van der Waals surface area (Å²) in [6.07, 6.45) is 0.590. The number of hydrogen-bond donors (Lipinski definition) is 3. The fourth-order valence-corrected chi connectivity index (χ4v) is 2.88. The van der Waals surface area contributed by atoms with Crippen LogP contribution in [0.4, 0.5) is 5.69 Å². The second-order valence-corrected chi connectivity index (χ2v) is 6.18. The number of rotatable bonds is 7. The lowest BCUT2D eigenvalue weighted by atomic mass is 9.99. The predicted octanol–water partition coefficient (Wildman–Crippen LogP) is 4.21. The highest BCUT2D eigenvalue weighted by atomic mass is 16.5. The van der Waals surface area contributed by atoms with Gasteiger partial charge in [-0.3, -0.25) is 4.79 Å². The van der Waals surface area contributed by atoms with E-state index in [-0.39, 0.29) is 11.9 Å². The van der Waals surface area contributed by atoms with Crippen molar-refractivity contribution >= 4 is 11.6 Å². The Morgan fingerprint density at radius 1 is 1.00 bits per heavy atom. The molecule has 0 saturated carbocycles. The molecule has 0 heterocycles. The van der Waals surface area contributed by atoms with Gasteiger partial charge in [-0.05, 0) is 53.9 Å². The average molecular weight is 362 g/mol. The molecule has 5 nitrogen and oxygen atoms in total. The van der Waals surface area contributed by atoms with E-state index in [2.05, 4.69) is 10.8 Å². The summed E-state index contributed by atoms with van der Waals surface area (Å²) in [5.41, 5.74) is 5.62. The molecule has 138 valence electrons. The van der Waals surface area contributed by atoms with Crippen molar-refractivity contribution in [3.8, 4) is 5.75 Å². The van der Waals surface area contributed by atoms with Gasteiger partial charge in [0.1, 0.15) is 5.75 Å². The highest BCUT2D eigenvalue weighted by Gasteiger charge is 2.12. The Balaban J connectivity index is 1.70. The van der Waals surface area contributed by atoms with Gasteiger partial charge in [0.2, 0.25) is 0 Å². The molecule has 0 fully saturated rings. The minimum atomic E-state index is -0.223. The van der Waals surface area contributed by atoms with Crippen molar-refractivity contribution in [3.05, 3.63) is 95.6 Å². The first-order chi connectivity index (χ1) is 13.2. The Morgan fingerprint density at radius 2 is 1.74 bits per heavy atom. The summed E-state index contributed by atoms with van der Waals surface area (Å²) in [5, 5.41) is 12.4. The second kappa shape index (κ2) is 8.98. The van der Waals surface area contributed by atoms with Crippen LogP contribution in [-0.2, 0) is 6.42 Å². The molecular formula is C22H22N2O3. The molecule has 0 bridgehead atoms. The average Bonchev–Trinajstić information content (AvgIpc) is 2.73. The fraction of sp³-hybridized carbons (Fsp3) is 0.136. The summed E-state index contributed by atoms with van der Waals surface area (Å²) in [6, 6.07) is 24.1. The van der Waals surface area contributed by atoms with Crippen molar-refractivity contribution < 1.29 is 14.7 Å². The minimum absolute atomic E-state index is 0.185. The number of carbonyl (C=O) groups excluding carboxylic acids is 1. The maximum absolute atomic E-state index is 12.4. The van der Waals surface area contributed by atoms with E-state index >= 15 is 0 Å². The maximum Gasteiger partial charge on any atom is 0.255 e. The van der Waals surface area contributed by atoms with E-state index in [1.54, 1.807) is 31.4 Å². The summed E-state index contributed by atoms with van der Waals surface area (Å²) in [6.45, 7) is 0. The molecule has 3 N–H and O–H groups in total. The topological polar surface area (TPSA) is 70.6 Å². The zero-order valence-corrected chi connectivity index (χ0v) is 15.1. The molecule has 1 unspecified atom stereocenters. The number of nitrogens with one attached hydrogen (secondary N) is 2. The second-order valence-electron chi connectivity index (χ2n) is 6.18. The minimum Gasteiger partial charge on any atom is -0.497 e. The van der Waals surface area contributed by atoms with Gasteiger partial charge in [-0.1, -0.05) is 42.5 Å². The quantitative estimate of drug-likeness (QED) is 0.551. The lowest BCUT2D eigenvalue weighted by Crippen LogP contribution is -2.19. The van der Waals surface area contributed by atoms with E-state index in [9.17, 15) is 10.0 Å². The van der Waals surface area contributed by atoms with E-state index in [0.29, 0.717) is 23.4 Å². The van der Waals surface area contributed by atoms with Gasteiger partial charge < -0.3 is 15.3 Å². The van der Waals surface area contributed by atoms with Gasteiger partial charge in [0.25, 0.3) is 5.91 Å². The van der Waals surface area contributed by atoms with Crippen molar-refractivity contribution in [2.75, 3.05) is 12.4 Å². The third-order valence-corrected chi connectivity index (χ3v) is 4.33. The monoisotopic (exact) mass is 362 g/mol. The zero-order chi connectivity index (χ0) is 19.1. The molecule has 0 spiro atoms. The van der Waals surface area contributed by atoms with Crippen molar-refractivity contribution in [1.82, 2.24) is 5.48 Å². The Bertz CT molecular complexity index is 880. The smallest absolute Gasteiger partial charge is 0.255 e. The van der Waals surface area contributed by atoms with Crippen LogP contribution in [0.25, 0.3) is 0 Å². The van der Waals surface area contributed by atoms with Gasteiger partial charge in [-0.2, -0.15) is 5.48 Å². The van der Waals surface area contributed by atoms with Crippen LogP contribution >= 0.6 is 0 Å². The van der Waals surface area contributed by atoms with E-state index in [1.165, 1.54) is 0 Å². The fourth-order valence-electron chi connectivity index (χ4n) is 2.88. The largest absolute Gasteiger partial charge is 0.497 e. The van der Waals surface area contributed by atoms with Crippen LogP contribution in [0.15, 0.2) is 78.9 Å². The molecule has 3 aromatic rings. The van der Waals surface area contributed by atoms with Crippen molar-refractivity contribution in [2.24, 2.45) is 0 Å². The van der Waals surface area contributed by atoms with E-state index in [0.717, 1.165) is 11.1 Å². The normalized spacial score (nSPS) is 11.6. The molecule has 5 heteroatoms. The molecule has 0 radical (unpaired) electrons. The molecule has 3 aromatic carbocycles. The summed E-state index contributed by atoms with van der Waals surface area (Å²) < 4.78 is 5.11. The SMILES string of the molecule is COc1ccc(C(=O)Nc2cccc(CC(NO)c3ccccc3)c2)cc1. The van der Waals surface area contributed by atoms with Crippen LogP contribution in [0.1, 0.15) is 27.5 Å². The number of benzene rings is 3. The molecule has 1 amide bonds. The molecule has 3 rings (SSSR count). The Kier molecular flexibility index (Phi) is 6.20. The van der Waals surface area contributed by atoms with Crippen LogP contribution in [0.2, 0.25) is 0 Å². The third kappa shape index (κ3) is 4.94. The first-order valence-electron chi connectivity index (χ1n) is 8.68. The first-order valence-corrected chi connectivity index (χ1v) is 8.68. The highest BCUT2D eigenvalue weighted by molar-refractivity contribution is 6.04. The Labute approximate surface area is 158 Å². The molecule has 0 aliphatic heterocycles. The van der Waals surface area contributed by atoms with Crippen LogP contribution in [0, 0.1) is 0 Å². The van der Waals surface area contributed by atoms with Gasteiger partial charge in [0.15, 0.2) is 0 Å². The zero-order valence-electron chi connectivity index (χ0n) is 15.1. The number of amides is 1. The predicted molar refractivity (Wildman–Crippen MR) is 105 cm³/mol. The first kappa shape index (κ1) is 18.6. The van der Waals surface area contributed by atoms with Crippen LogP contribution < -0.4 is 15.5 Å². The van der Waals surface area contributed by atoms with Gasteiger partial charge in [0.05, 0.1) is 13.2 Å². The Hall–Kier alpha value is -3.15. The summed E-state index contributed by atoms with van der Waals surface area (Å²) in [7, 11) is 1.59. The maximum atomic E-state index is 12.4. The number of hydrogen-bond acceptors (Lipinski definition) is 4. The molecule has 0 aromatic heterocycles. The van der Waals surface area contributed by atoms with Crippen LogP contribution in [-0.4, -0.2) is 18.2 Å². The highest BCUT2D eigenvalue weighted by Crippen LogP contribution is 2.21. The third-order valence-electron chi connectivity index (χ3n) is 4.33. The van der Waals surface area contributed by atoms with Crippen molar-refractivity contribution in [1.29, 1.82) is 0 Å². The Morgan fingerprint density at radius 3 is 2.41 bits per heavy atom. The van der Waals surface area contributed by atoms with Crippen LogP contribution in [0.5, 0.6) is 5.75 Å². The summed E-state index contributed by atoms with van der Waals surface area (Å²) in [5.74, 6) is 0.520. The van der Waals surface area contributed by atoms with Gasteiger partial charge in [-0.25, -0.2) is 0 Å². The summed E-state index contributed by atoms with van der Waals surface area (Å²) in [4.78, 5) is 12.4. The molecule has 0 saturated heterocycles. The number of carbonyl (C=O) groups is 1. The molecule has 1 atom stereocenters. The standard InChI is InChI=1S/C22H22N2O3/c1-27-20-12-10-18(11-13-20)22(25)23-19-9-5-6-16(14-19)15-21(24-26)17-7-3-2-4-8-17/h2-14,21,24,26H,15H2,1H3,(H,23,25). The number of hydroxylamine groups is 1. The molecular weight excluding hydrogens is 340 g/mol. The van der Waals surface area contributed by atoms with Gasteiger partial charge in [0, 0.05) is 11.3 Å². The van der Waals surface area contributed by atoms with Gasteiger partial charge >= 0.3 is 0 Å². The van der Waals surface area contributed by atoms with E-state index in [1.807, 2.05) is 54.6 Å².